The number of carbonyl (C=O) groups excluding carboxylic acids is 4. The number of alkyl halides is 2. The molecule has 0 aromatic heterocycles. The van der Waals surface area contributed by atoms with E-state index in [4.69, 9.17) is 11.6 Å². The van der Waals surface area contributed by atoms with E-state index < -0.39 is 29.1 Å². The van der Waals surface area contributed by atoms with E-state index in [1.807, 2.05) is 0 Å². The average Bonchev–Trinajstić information content (AvgIpc) is 3.08. The van der Waals surface area contributed by atoms with Crippen LogP contribution in [-0.4, -0.2) is 66.0 Å². The molecule has 0 radical (unpaired) electrons. The maximum atomic E-state index is 15.3. The highest BCUT2D eigenvalue weighted by molar-refractivity contribution is 6.44. The summed E-state index contributed by atoms with van der Waals surface area (Å²) in [5.41, 5.74) is 1.56. The molecule has 2 aromatic carbocycles. The average molecular weight is 509 g/mol. The Kier molecular flexibility index (Phi) is 6.58. The Balaban J connectivity index is 1.56. The number of amides is 4. The molecule has 2 N–H and O–H groups in total. The zero-order valence-electron chi connectivity index (χ0n) is 20.3. The first kappa shape index (κ1) is 26.0. The van der Waals surface area contributed by atoms with Crippen molar-refractivity contribution < 1.29 is 28.0 Å². The second-order valence-corrected chi connectivity index (χ2v) is 10.3. The molecule has 0 spiro atoms. The van der Waals surface area contributed by atoms with Gasteiger partial charge in [-0.2, -0.15) is 8.78 Å². The summed E-state index contributed by atoms with van der Waals surface area (Å²) in [6.45, 7) is 0.137. The minimum absolute atomic E-state index is 0.137. The standard InChI is InChI=1S/C22H22B4ClF2N3O4/c23-13-6-11(27)7-14(24)17(13)21(28,29)20(36)31-22(25,26)10-1-2-12-9(5-10)8-32(19(12)35)15-3-4-16(33)30-18(15)34/h1-2,5-7,15H,3-4,8,23-26H2,(H,31,36)(H,30,33,34). The summed E-state index contributed by atoms with van der Waals surface area (Å²) in [7, 11) is 6.15. The number of hydrogen-bond acceptors (Lipinski definition) is 4. The molecule has 1 atom stereocenters. The van der Waals surface area contributed by atoms with Crippen molar-refractivity contribution in [2.45, 2.75) is 36.7 Å². The van der Waals surface area contributed by atoms with Crippen molar-refractivity contribution in [2.75, 3.05) is 0 Å². The van der Waals surface area contributed by atoms with Gasteiger partial charge in [-0.1, -0.05) is 34.7 Å². The number of nitrogens with one attached hydrogen (secondary N) is 2. The smallest absolute Gasteiger partial charge is 0.348 e. The van der Waals surface area contributed by atoms with Gasteiger partial charge in [-0.15, -0.1) is 0 Å². The van der Waals surface area contributed by atoms with E-state index in [0.717, 1.165) is 0 Å². The number of rotatable bonds is 5. The highest BCUT2D eigenvalue weighted by Gasteiger charge is 2.45. The van der Waals surface area contributed by atoms with E-state index in [1.54, 1.807) is 33.9 Å². The molecular weight excluding hydrogens is 487 g/mol. The van der Waals surface area contributed by atoms with Crippen LogP contribution in [0.5, 0.6) is 0 Å². The third kappa shape index (κ3) is 4.56. The van der Waals surface area contributed by atoms with Crippen LogP contribution in [0.25, 0.3) is 0 Å². The van der Waals surface area contributed by atoms with Crippen LogP contribution < -0.4 is 21.6 Å². The summed E-state index contributed by atoms with van der Waals surface area (Å²) in [5, 5.41) is 3.81. The molecule has 2 aromatic rings. The van der Waals surface area contributed by atoms with Crippen molar-refractivity contribution in [1.82, 2.24) is 15.5 Å². The molecule has 0 saturated carbocycles. The van der Waals surface area contributed by atoms with Gasteiger partial charge in [-0.3, -0.25) is 24.5 Å². The molecule has 4 rings (SSSR count). The molecule has 0 aliphatic carbocycles. The van der Waals surface area contributed by atoms with Gasteiger partial charge < -0.3 is 10.2 Å². The molecular formula is C22H22B4ClF2N3O4. The van der Waals surface area contributed by atoms with E-state index in [0.29, 0.717) is 21.7 Å². The van der Waals surface area contributed by atoms with Crippen LogP contribution in [0.4, 0.5) is 8.78 Å². The van der Waals surface area contributed by atoms with Gasteiger partial charge in [0.1, 0.15) is 37.4 Å². The van der Waals surface area contributed by atoms with E-state index in [2.05, 4.69) is 10.6 Å². The third-order valence-electron chi connectivity index (χ3n) is 6.77. The quantitative estimate of drug-likeness (QED) is 0.330. The minimum atomic E-state index is -3.80. The molecule has 7 nitrogen and oxygen atoms in total. The second-order valence-electron chi connectivity index (χ2n) is 9.84. The summed E-state index contributed by atoms with van der Waals surface area (Å²) in [5.74, 6) is -6.49. The Morgan fingerprint density at radius 3 is 2.36 bits per heavy atom. The predicted octanol–water partition coefficient (Wildman–Crippen LogP) is -3.10. The van der Waals surface area contributed by atoms with Crippen LogP contribution in [-0.2, 0) is 32.2 Å². The van der Waals surface area contributed by atoms with Gasteiger partial charge in [-0.05, 0) is 35.7 Å². The van der Waals surface area contributed by atoms with E-state index in [1.165, 1.54) is 32.7 Å². The molecule has 1 unspecified atom stereocenters. The zero-order chi connectivity index (χ0) is 26.6. The van der Waals surface area contributed by atoms with E-state index >= 15 is 8.78 Å². The largest absolute Gasteiger partial charge is 0.357 e. The summed E-state index contributed by atoms with van der Waals surface area (Å²) in [6.07, 6.45) is 0.374. The Morgan fingerprint density at radius 2 is 1.75 bits per heavy atom. The van der Waals surface area contributed by atoms with Crippen LogP contribution in [0.2, 0.25) is 5.02 Å². The van der Waals surface area contributed by atoms with E-state index in [-0.39, 0.29) is 47.7 Å². The van der Waals surface area contributed by atoms with Crippen molar-refractivity contribution in [3.63, 3.8) is 0 Å². The van der Waals surface area contributed by atoms with Crippen molar-refractivity contribution in [2.24, 2.45) is 0 Å². The van der Waals surface area contributed by atoms with Crippen molar-refractivity contribution >= 4 is 77.5 Å². The number of hydrogen-bond donors (Lipinski definition) is 2. The van der Waals surface area contributed by atoms with Crippen molar-refractivity contribution in [1.29, 1.82) is 0 Å². The van der Waals surface area contributed by atoms with Crippen molar-refractivity contribution in [3.8, 4) is 0 Å². The fourth-order valence-electron chi connectivity index (χ4n) is 4.92. The monoisotopic (exact) mass is 509 g/mol. The normalized spacial score (nSPS) is 18.1. The first-order valence-electron chi connectivity index (χ1n) is 11.5. The summed E-state index contributed by atoms with van der Waals surface area (Å²) < 4.78 is 30.5. The molecule has 1 saturated heterocycles. The fourth-order valence-corrected chi connectivity index (χ4v) is 5.24. The van der Waals surface area contributed by atoms with Crippen LogP contribution in [0.1, 0.15) is 39.9 Å². The minimum Gasteiger partial charge on any atom is -0.357 e. The maximum absolute atomic E-state index is 15.3. The Hall–Kier alpha value is -3.07. The van der Waals surface area contributed by atoms with Crippen LogP contribution in [0.3, 0.4) is 0 Å². The number of piperidine rings is 1. The lowest BCUT2D eigenvalue weighted by molar-refractivity contribution is -0.147. The summed E-state index contributed by atoms with van der Waals surface area (Å²) in [4.78, 5) is 50.9. The van der Waals surface area contributed by atoms with Gasteiger partial charge in [0.2, 0.25) is 11.8 Å². The summed E-state index contributed by atoms with van der Waals surface area (Å²) in [6, 6.07) is 6.86. The fraction of sp³-hybridized carbons (Fsp3) is 0.273. The number of imide groups is 1. The molecule has 2 heterocycles. The lowest BCUT2D eigenvalue weighted by Gasteiger charge is -2.31. The van der Waals surface area contributed by atoms with E-state index in [9.17, 15) is 19.2 Å². The first-order valence-corrected chi connectivity index (χ1v) is 11.9. The Bertz CT molecular complexity index is 1300. The van der Waals surface area contributed by atoms with Gasteiger partial charge in [0.05, 0.1) is 0 Å². The van der Waals surface area contributed by atoms with Crippen molar-refractivity contribution in [3.05, 3.63) is 57.6 Å². The highest BCUT2D eigenvalue weighted by Crippen LogP contribution is 2.31. The number of nitrogens with zero attached hydrogens (tertiary/aromatic N) is 1. The van der Waals surface area contributed by atoms with Crippen LogP contribution >= 0.6 is 11.6 Å². The van der Waals surface area contributed by atoms with Gasteiger partial charge >= 0.3 is 5.92 Å². The molecule has 182 valence electrons. The van der Waals surface area contributed by atoms with Gasteiger partial charge in [0, 0.05) is 34.5 Å². The molecule has 1 fully saturated rings. The Morgan fingerprint density at radius 1 is 1.11 bits per heavy atom. The van der Waals surface area contributed by atoms with Gasteiger partial charge in [0.25, 0.3) is 11.8 Å². The predicted molar refractivity (Wildman–Crippen MR) is 141 cm³/mol. The zero-order valence-corrected chi connectivity index (χ0v) is 21.1. The molecule has 4 amide bonds. The number of carbonyl (C=O) groups is 4. The SMILES string of the molecule is Bc1cc(Cl)cc(B)c1C(F)(F)C(=O)NC(B)(B)c1ccc2c(c1)CN(C1CCC(=O)NC1=O)C2=O. The van der Waals surface area contributed by atoms with Gasteiger partial charge in [-0.25, -0.2) is 0 Å². The Labute approximate surface area is 215 Å². The van der Waals surface area contributed by atoms with Crippen LogP contribution in [0, 0.1) is 0 Å². The number of halogens is 3. The topological polar surface area (TPSA) is 95.6 Å². The van der Waals surface area contributed by atoms with Gasteiger partial charge in [0.15, 0.2) is 0 Å². The molecule has 2 aliphatic rings. The number of fused-ring (bicyclic) bond motifs is 1. The van der Waals surface area contributed by atoms with Crippen LogP contribution in [0.15, 0.2) is 30.3 Å². The second kappa shape index (κ2) is 9.10. The highest BCUT2D eigenvalue weighted by atomic mass is 35.5. The maximum Gasteiger partial charge on any atom is 0.348 e. The lowest BCUT2D eigenvalue weighted by Crippen LogP contribution is -2.53. The molecule has 2 aliphatic heterocycles. The molecule has 14 heteroatoms. The molecule has 36 heavy (non-hydrogen) atoms. The number of benzene rings is 2. The lowest BCUT2D eigenvalue weighted by atomic mass is 9.57. The first-order chi connectivity index (χ1) is 16.7. The summed E-state index contributed by atoms with van der Waals surface area (Å²) >= 11 is 5.96. The third-order valence-corrected chi connectivity index (χ3v) is 6.99. The molecule has 0 bridgehead atoms.